The molecule has 0 spiro atoms. The molecule has 0 amide bonds. The number of aromatic nitrogens is 1. The van der Waals surface area contributed by atoms with E-state index in [2.05, 4.69) is 15.2 Å². The van der Waals surface area contributed by atoms with E-state index < -0.39 is 6.10 Å². The highest BCUT2D eigenvalue weighted by molar-refractivity contribution is 6.31. The third-order valence-electron chi connectivity index (χ3n) is 5.61. The molecule has 3 aromatic rings. The maximum atomic E-state index is 13.1. The van der Waals surface area contributed by atoms with Crippen molar-refractivity contribution < 1.29 is 14.6 Å². The molecule has 5 nitrogen and oxygen atoms in total. The molecule has 2 aromatic carbocycles. The second-order valence-corrected chi connectivity index (χ2v) is 8.13. The molecular weight excluding hydrogens is 417 g/mol. The van der Waals surface area contributed by atoms with Gasteiger partial charge in [0, 0.05) is 42.0 Å². The normalized spacial score (nSPS) is 17.0. The highest BCUT2D eigenvalue weighted by atomic mass is 35.5. The van der Waals surface area contributed by atoms with Crippen LogP contribution >= 0.6 is 11.6 Å². The van der Waals surface area contributed by atoms with Gasteiger partial charge in [-0.2, -0.15) is 0 Å². The summed E-state index contributed by atoms with van der Waals surface area (Å²) in [5.74, 6) is 0.299. The van der Waals surface area contributed by atoms with Crippen molar-refractivity contribution in [3.05, 3.63) is 88.3 Å². The topological polar surface area (TPSA) is 68.6 Å². The van der Waals surface area contributed by atoms with Gasteiger partial charge < -0.3 is 20.4 Å². The monoisotopic (exact) mass is 441 g/mol. The minimum absolute atomic E-state index is 0.0215. The van der Waals surface area contributed by atoms with Crippen molar-refractivity contribution in [1.82, 2.24) is 4.98 Å². The van der Waals surface area contributed by atoms with Crippen molar-refractivity contribution in [1.29, 1.82) is 0 Å². The molecule has 2 atom stereocenters. The molecule has 31 heavy (non-hydrogen) atoms. The van der Waals surface area contributed by atoms with Crippen LogP contribution in [0.2, 0.25) is 5.02 Å². The van der Waals surface area contributed by atoms with Gasteiger partial charge in [-0.3, -0.25) is 0 Å². The number of benzene rings is 2. The third kappa shape index (κ3) is 4.98. The van der Waals surface area contributed by atoms with Crippen LogP contribution in [0, 0.1) is 5.82 Å². The Morgan fingerprint density at radius 2 is 2.03 bits per heavy atom. The first-order chi connectivity index (χ1) is 15.0. The molecule has 0 aliphatic carbocycles. The number of halogens is 2. The number of aliphatic hydroxyl groups excluding tert-OH is 2. The highest BCUT2D eigenvalue weighted by Crippen LogP contribution is 2.33. The minimum Gasteiger partial charge on any atom is -0.396 e. The molecule has 1 saturated heterocycles. The third-order valence-corrected chi connectivity index (χ3v) is 5.95. The Bertz CT molecular complexity index is 1030. The van der Waals surface area contributed by atoms with E-state index >= 15 is 0 Å². The van der Waals surface area contributed by atoms with Crippen LogP contribution in [-0.2, 0) is 6.42 Å². The second-order valence-electron chi connectivity index (χ2n) is 7.72. The Hall–Kier alpha value is -2.67. The summed E-state index contributed by atoms with van der Waals surface area (Å²) in [5, 5.41) is 24.3. The van der Waals surface area contributed by atoms with Crippen molar-refractivity contribution in [3.63, 3.8) is 0 Å². The second kappa shape index (κ2) is 9.64. The number of pyridine rings is 1. The summed E-state index contributed by atoms with van der Waals surface area (Å²) in [4.78, 5) is 6.34. The molecule has 162 valence electrons. The molecule has 1 fully saturated rings. The zero-order valence-corrected chi connectivity index (χ0v) is 17.8. The summed E-state index contributed by atoms with van der Waals surface area (Å²) in [6.07, 6.45) is 1.78. The summed E-state index contributed by atoms with van der Waals surface area (Å²) in [5.41, 5.74) is 3.42. The van der Waals surface area contributed by atoms with Crippen LogP contribution in [0.5, 0.6) is 0 Å². The minimum atomic E-state index is -0.835. The smallest absolute Gasteiger partial charge is 0.141 e. The lowest BCUT2D eigenvalue weighted by Crippen LogP contribution is -2.27. The van der Waals surface area contributed by atoms with Gasteiger partial charge in [-0.25, -0.2) is 9.37 Å². The number of hydrogen-bond acceptors (Lipinski definition) is 5. The zero-order valence-electron chi connectivity index (χ0n) is 17.0. The molecule has 1 aromatic heterocycles. The van der Waals surface area contributed by atoms with E-state index in [0.29, 0.717) is 22.8 Å². The molecule has 4 rings (SSSR count). The number of rotatable bonds is 7. The first-order valence-electron chi connectivity index (χ1n) is 10.3. The average Bonchev–Trinajstić information content (AvgIpc) is 3.24. The average molecular weight is 442 g/mol. The molecule has 1 unspecified atom stereocenters. The van der Waals surface area contributed by atoms with E-state index in [1.165, 1.54) is 12.3 Å². The molecule has 3 N–H and O–H groups in total. The van der Waals surface area contributed by atoms with Gasteiger partial charge in [-0.15, -0.1) is 0 Å². The van der Waals surface area contributed by atoms with E-state index in [-0.39, 0.29) is 18.5 Å². The van der Waals surface area contributed by atoms with Crippen molar-refractivity contribution in [2.75, 3.05) is 29.9 Å². The van der Waals surface area contributed by atoms with Gasteiger partial charge >= 0.3 is 0 Å². The molecule has 2 heterocycles. The van der Waals surface area contributed by atoms with E-state index in [4.69, 9.17) is 11.6 Å². The van der Waals surface area contributed by atoms with Gasteiger partial charge in [0.05, 0.1) is 6.20 Å². The Labute approximate surface area is 186 Å². The summed E-state index contributed by atoms with van der Waals surface area (Å²) in [7, 11) is 0. The number of aliphatic hydroxyl groups is 2. The van der Waals surface area contributed by atoms with Gasteiger partial charge in [0.25, 0.3) is 0 Å². The van der Waals surface area contributed by atoms with Crippen LogP contribution < -0.4 is 10.2 Å². The maximum Gasteiger partial charge on any atom is 0.141 e. The fourth-order valence-electron chi connectivity index (χ4n) is 4.05. The Morgan fingerprint density at radius 3 is 2.77 bits per heavy atom. The summed E-state index contributed by atoms with van der Waals surface area (Å²) < 4.78 is 13.1. The predicted octanol–water partition coefficient (Wildman–Crippen LogP) is 4.18. The zero-order chi connectivity index (χ0) is 21.8. The first-order valence-corrected chi connectivity index (χ1v) is 10.7. The quantitative estimate of drug-likeness (QED) is 0.513. The summed E-state index contributed by atoms with van der Waals surface area (Å²) >= 11 is 6.25. The van der Waals surface area contributed by atoms with Gasteiger partial charge in [0.15, 0.2) is 0 Å². The van der Waals surface area contributed by atoms with Gasteiger partial charge in [-0.05, 0) is 48.2 Å². The number of nitrogens with one attached hydrogen (secondary N) is 1. The van der Waals surface area contributed by atoms with E-state index in [0.717, 1.165) is 36.3 Å². The Morgan fingerprint density at radius 1 is 1.19 bits per heavy atom. The molecular formula is C24H25ClFN3O2. The lowest BCUT2D eigenvalue weighted by atomic mass is 9.97. The van der Waals surface area contributed by atoms with Gasteiger partial charge in [0.2, 0.25) is 0 Å². The summed E-state index contributed by atoms with van der Waals surface area (Å²) in [6, 6.07) is 16.3. The Kier molecular flexibility index (Phi) is 6.70. The van der Waals surface area contributed by atoms with E-state index in [9.17, 15) is 14.6 Å². The number of anilines is 2. The van der Waals surface area contributed by atoms with Gasteiger partial charge in [-0.1, -0.05) is 41.9 Å². The number of nitrogens with zero attached hydrogens (tertiary/aromatic N) is 2. The van der Waals surface area contributed by atoms with Crippen LogP contribution in [-0.4, -0.2) is 40.9 Å². The maximum absolute atomic E-state index is 13.1. The van der Waals surface area contributed by atoms with Crippen molar-refractivity contribution in [2.45, 2.75) is 25.0 Å². The van der Waals surface area contributed by atoms with E-state index in [1.807, 2.05) is 36.4 Å². The summed E-state index contributed by atoms with van der Waals surface area (Å²) in [6.45, 7) is 1.64. The molecule has 1 aliphatic rings. The van der Waals surface area contributed by atoms with Crippen molar-refractivity contribution in [3.8, 4) is 0 Å². The van der Waals surface area contributed by atoms with Crippen LogP contribution in [0.1, 0.15) is 29.2 Å². The lowest BCUT2D eigenvalue weighted by Gasteiger charge is -2.24. The Balaban J connectivity index is 1.52. The number of hydrogen-bond donors (Lipinski definition) is 3. The molecule has 0 radical (unpaired) electrons. The lowest BCUT2D eigenvalue weighted by molar-refractivity contribution is 0.220. The van der Waals surface area contributed by atoms with Crippen LogP contribution in [0.25, 0.3) is 0 Å². The molecule has 0 bridgehead atoms. The molecule has 1 aliphatic heterocycles. The SMILES string of the molecule is OCCc1cc(C(O)c2ccccc2Cl)ccc1N1CC[C@H](Nc2ccc(F)cn2)C1. The van der Waals surface area contributed by atoms with Crippen LogP contribution in [0.15, 0.2) is 60.8 Å². The largest absolute Gasteiger partial charge is 0.396 e. The standard InChI is InChI=1S/C24H25ClFN3O2/c25-21-4-2-1-3-20(21)24(31)17-5-7-22(16(13-17)10-12-30)29-11-9-19(15-29)28-23-8-6-18(26)14-27-23/h1-8,13-14,19,24,30-31H,9-12,15H2,(H,27,28)/t19-,24?/m0/s1. The molecule has 0 saturated carbocycles. The predicted molar refractivity (Wildman–Crippen MR) is 121 cm³/mol. The first kappa shape index (κ1) is 21.6. The van der Waals surface area contributed by atoms with Crippen LogP contribution in [0.3, 0.4) is 0 Å². The van der Waals surface area contributed by atoms with Crippen molar-refractivity contribution >= 4 is 23.1 Å². The van der Waals surface area contributed by atoms with Crippen molar-refractivity contribution in [2.24, 2.45) is 0 Å². The van der Waals surface area contributed by atoms with Crippen LogP contribution in [0.4, 0.5) is 15.9 Å². The fourth-order valence-corrected chi connectivity index (χ4v) is 4.29. The molecule has 7 heteroatoms. The fraction of sp³-hybridized carbons (Fsp3) is 0.292. The highest BCUT2D eigenvalue weighted by Gasteiger charge is 2.25. The van der Waals surface area contributed by atoms with Gasteiger partial charge in [0.1, 0.15) is 17.7 Å². The van der Waals surface area contributed by atoms with E-state index in [1.54, 1.807) is 12.1 Å².